The van der Waals surface area contributed by atoms with E-state index in [0.717, 1.165) is 5.41 Å². The minimum Gasteiger partial charge on any atom is -0.488 e. The molecule has 7 nitrogen and oxygen atoms in total. The number of sulfone groups is 1. The second-order valence-corrected chi connectivity index (χ2v) is 14.1. The van der Waals surface area contributed by atoms with Gasteiger partial charge in [-0.05, 0) is 59.3 Å². The van der Waals surface area contributed by atoms with Crippen molar-refractivity contribution in [1.29, 1.82) is 0 Å². The third-order valence-corrected chi connectivity index (χ3v) is 9.72. The molecule has 0 bridgehead atoms. The van der Waals surface area contributed by atoms with E-state index in [2.05, 4.69) is 41.9 Å². The van der Waals surface area contributed by atoms with Crippen LogP contribution in [-0.2, 0) is 16.3 Å². The van der Waals surface area contributed by atoms with E-state index in [9.17, 15) is 26.4 Å². The first-order chi connectivity index (χ1) is 19.3. The molecule has 222 valence electrons. The molecule has 2 atom stereocenters. The lowest BCUT2D eigenvalue weighted by Gasteiger charge is -2.16. The number of aryl methyl sites for hydroxylation is 1. The van der Waals surface area contributed by atoms with Crippen molar-refractivity contribution < 1.29 is 40.6 Å². The Morgan fingerprint density at radius 3 is 2.44 bits per heavy atom. The van der Waals surface area contributed by atoms with Crippen LogP contribution < -0.4 is 19.5 Å². The molecular weight excluding hydrogens is 715 g/mol. The summed E-state index contributed by atoms with van der Waals surface area (Å²) in [4.78, 5) is 12.4. The van der Waals surface area contributed by atoms with E-state index in [-0.39, 0.29) is 45.7 Å². The van der Waals surface area contributed by atoms with Gasteiger partial charge in [-0.25, -0.2) is 13.2 Å². The van der Waals surface area contributed by atoms with Crippen molar-refractivity contribution in [3.05, 3.63) is 75.8 Å². The van der Waals surface area contributed by atoms with Crippen LogP contribution in [0.4, 0.5) is 23.7 Å². The van der Waals surface area contributed by atoms with Crippen molar-refractivity contribution >= 4 is 70.9 Å². The summed E-state index contributed by atoms with van der Waals surface area (Å²) >= 11 is 8.40. The van der Waals surface area contributed by atoms with Crippen molar-refractivity contribution in [3.63, 3.8) is 0 Å². The molecule has 14 heteroatoms. The van der Waals surface area contributed by atoms with Crippen LogP contribution in [0.1, 0.15) is 18.1 Å². The zero-order chi connectivity index (χ0) is 30.0. The van der Waals surface area contributed by atoms with Gasteiger partial charge >= 0.3 is 12.3 Å². The number of nitrogens with one attached hydrogen (secondary N) is 1. The predicted molar refractivity (Wildman–Crippen MR) is 162 cm³/mol. The maximum atomic E-state index is 12.6. The number of hydrogen-bond donors (Lipinski definition) is 1. The Morgan fingerprint density at radius 2 is 1.80 bits per heavy atom. The Kier molecular flexibility index (Phi) is 12.1. The summed E-state index contributed by atoms with van der Waals surface area (Å²) in [5.74, 6) is 0.228. The number of halogens is 5. The van der Waals surface area contributed by atoms with Gasteiger partial charge in [-0.15, -0.1) is 0 Å². The molecule has 0 saturated carbocycles. The smallest absolute Gasteiger partial charge is 0.422 e. The third kappa shape index (κ3) is 12.1. The van der Waals surface area contributed by atoms with E-state index in [4.69, 9.17) is 9.47 Å². The second kappa shape index (κ2) is 15.1. The van der Waals surface area contributed by atoms with Gasteiger partial charge in [-0.2, -0.15) is 24.5 Å². The number of thiophene rings is 1. The Hall–Kier alpha value is -2.55. The fourth-order valence-electron chi connectivity index (χ4n) is 3.13. The molecule has 3 rings (SSSR count). The van der Waals surface area contributed by atoms with Gasteiger partial charge in [0.15, 0.2) is 27.9 Å². The molecule has 1 aromatic heterocycles. The Bertz CT molecular complexity index is 1410. The van der Waals surface area contributed by atoms with Crippen molar-refractivity contribution in [1.82, 2.24) is 0 Å². The number of hydrogen-bond acceptors (Lipinski definition) is 7. The Morgan fingerprint density at radius 1 is 1.07 bits per heavy atom. The van der Waals surface area contributed by atoms with Crippen LogP contribution in [0.2, 0.25) is 0 Å². The van der Waals surface area contributed by atoms with Crippen molar-refractivity contribution in [2.45, 2.75) is 29.2 Å². The van der Waals surface area contributed by atoms with Crippen LogP contribution in [0.5, 0.6) is 17.2 Å². The first kappa shape index (κ1) is 33.0. The van der Waals surface area contributed by atoms with E-state index < -0.39 is 28.7 Å². The average Bonchev–Trinajstić information content (AvgIpc) is 3.42. The van der Waals surface area contributed by atoms with Crippen LogP contribution in [0.3, 0.4) is 0 Å². The van der Waals surface area contributed by atoms with E-state index in [1.807, 2.05) is 12.3 Å². The van der Waals surface area contributed by atoms with E-state index in [0.29, 0.717) is 16.8 Å². The molecule has 0 aliphatic heterocycles. The Balaban J connectivity index is 1.66. The quantitative estimate of drug-likeness (QED) is 0.180. The summed E-state index contributed by atoms with van der Waals surface area (Å²) < 4.78 is 78.1. The topological polar surface area (TPSA) is 90.9 Å². The molecule has 1 N–H and O–H groups in total. The molecule has 3 aromatic rings. The van der Waals surface area contributed by atoms with Crippen molar-refractivity contribution in [3.8, 4) is 17.2 Å². The monoisotopic (exact) mass is 739 g/mol. The van der Waals surface area contributed by atoms with E-state index in [1.54, 1.807) is 23.6 Å². The van der Waals surface area contributed by atoms with Crippen LogP contribution in [-0.4, -0.2) is 49.3 Å². The first-order valence-corrected chi connectivity index (χ1v) is 16.5. The number of carbonyl (C=O) groups is 1. The van der Waals surface area contributed by atoms with Gasteiger partial charge in [0.2, 0.25) is 0 Å². The predicted octanol–water partition coefficient (Wildman–Crippen LogP) is 7.85. The Labute approximate surface area is 256 Å². The summed E-state index contributed by atoms with van der Waals surface area (Å²) in [6.07, 6.45) is -3.59. The molecular formula is C27H26Br2F3NO6S2. The second-order valence-electron chi connectivity index (χ2n) is 8.70. The summed E-state index contributed by atoms with van der Waals surface area (Å²) in [5.41, 5.74) is 1.72. The third-order valence-electron chi connectivity index (χ3n) is 5.30. The SMILES string of the molecule is CC(Br)C(Br)COc1cc(/C=C/S(=O)(=O)CCc2ccc(OCC(F)(F)F)cc2)ccc1OC(=O)Nc1ccsc1. The fraction of sp³-hybridized carbons (Fsp3) is 0.296. The highest BCUT2D eigenvalue weighted by molar-refractivity contribution is 9.12. The standard InChI is InChI=1S/C27H26Br2F3NO6S2/c1-18(28)23(29)15-37-25-14-20(4-7-24(25)39-26(34)33-21-8-11-40-16-21)10-13-41(35,36)12-9-19-2-5-22(6-3-19)38-17-27(30,31)32/h2-8,10-11,13-14,16,18,23H,9,12,15,17H2,1H3,(H,33,34)/b13-10+. The molecule has 0 spiro atoms. The lowest BCUT2D eigenvalue weighted by Crippen LogP contribution is -2.20. The molecule has 1 heterocycles. The van der Waals surface area contributed by atoms with Gasteiger partial charge in [0.1, 0.15) is 12.4 Å². The van der Waals surface area contributed by atoms with E-state index in [1.165, 1.54) is 47.7 Å². The highest BCUT2D eigenvalue weighted by atomic mass is 79.9. The lowest BCUT2D eigenvalue weighted by molar-refractivity contribution is -0.153. The normalized spacial score (nSPS) is 13.5. The summed E-state index contributed by atoms with van der Waals surface area (Å²) in [7, 11) is -3.64. The number of alkyl halides is 5. The zero-order valence-electron chi connectivity index (χ0n) is 21.6. The molecule has 0 fully saturated rings. The zero-order valence-corrected chi connectivity index (χ0v) is 26.4. The van der Waals surface area contributed by atoms with Crippen molar-refractivity contribution in [2.24, 2.45) is 0 Å². The van der Waals surface area contributed by atoms with E-state index >= 15 is 0 Å². The molecule has 41 heavy (non-hydrogen) atoms. The number of amides is 1. The molecule has 2 unspecified atom stereocenters. The van der Waals surface area contributed by atoms with Crippen molar-refractivity contribution in [2.75, 3.05) is 24.3 Å². The molecule has 0 aliphatic rings. The largest absolute Gasteiger partial charge is 0.488 e. The fourth-order valence-corrected chi connectivity index (χ4v) is 5.03. The average molecular weight is 741 g/mol. The van der Waals surface area contributed by atoms with Gasteiger partial charge in [-0.1, -0.05) is 57.0 Å². The first-order valence-electron chi connectivity index (χ1n) is 12.0. The molecule has 0 saturated heterocycles. The van der Waals surface area contributed by atoms with Gasteiger partial charge < -0.3 is 14.2 Å². The van der Waals surface area contributed by atoms with Crippen LogP contribution >= 0.6 is 43.2 Å². The highest BCUT2D eigenvalue weighted by Gasteiger charge is 2.28. The van der Waals surface area contributed by atoms with Gasteiger partial charge in [0.05, 0.1) is 16.3 Å². The number of benzene rings is 2. The number of carbonyl (C=O) groups excluding carboxylic acids is 1. The van der Waals surface area contributed by atoms with Crippen LogP contribution in [0.25, 0.3) is 6.08 Å². The van der Waals surface area contributed by atoms with Gasteiger partial charge in [0, 0.05) is 15.6 Å². The molecule has 0 radical (unpaired) electrons. The number of ether oxygens (including phenoxy) is 3. The minimum atomic E-state index is -4.44. The minimum absolute atomic E-state index is 0.0417. The summed E-state index contributed by atoms with van der Waals surface area (Å²) in [6, 6.07) is 12.2. The maximum Gasteiger partial charge on any atom is 0.422 e. The van der Waals surface area contributed by atoms with Gasteiger partial charge in [-0.3, -0.25) is 5.32 Å². The highest BCUT2D eigenvalue weighted by Crippen LogP contribution is 2.31. The van der Waals surface area contributed by atoms with Crippen LogP contribution in [0, 0.1) is 0 Å². The molecule has 0 aliphatic carbocycles. The lowest BCUT2D eigenvalue weighted by atomic mass is 10.2. The summed E-state index contributed by atoms with van der Waals surface area (Å²) in [6.45, 7) is 0.773. The molecule has 2 aromatic carbocycles. The summed E-state index contributed by atoms with van der Waals surface area (Å²) in [5, 5.41) is 7.25. The number of rotatable bonds is 13. The molecule has 1 amide bonds. The number of anilines is 1. The van der Waals surface area contributed by atoms with Crippen LogP contribution in [0.15, 0.2) is 64.7 Å². The maximum absolute atomic E-state index is 12.6. The van der Waals surface area contributed by atoms with Gasteiger partial charge in [0.25, 0.3) is 0 Å².